The molecule has 0 fully saturated rings. The molecule has 0 spiro atoms. The van der Waals surface area contributed by atoms with Crippen LogP contribution < -0.4 is 0 Å². The van der Waals surface area contributed by atoms with Crippen LogP contribution in [0.4, 0.5) is 0 Å². The Balaban J connectivity index is 2.20. The highest BCUT2D eigenvalue weighted by Crippen LogP contribution is 2.16. The van der Waals surface area contributed by atoms with E-state index in [-0.39, 0.29) is 0 Å². The number of rotatable bonds is 5. The highest BCUT2D eigenvalue weighted by Gasteiger charge is 1.91. The minimum absolute atomic E-state index is 0.364. The Kier molecular flexibility index (Phi) is 4.23. The van der Waals surface area contributed by atoms with Gasteiger partial charge in [-0.1, -0.05) is 18.2 Å². The molecule has 0 unspecified atom stereocenters. The summed E-state index contributed by atoms with van der Waals surface area (Å²) in [7, 11) is 0. The minimum Gasteiger partial charge on any atom is -0.363 e. The lowest BCUT2D eigenvalue weighted by Crippen LogP contribution is -1.89. The Morgan fingerprint density at radius 1 is 1.33 bits per heavy atom. The third-order valence-electron chi connectivity index (χ3n) is 1.24. The van der Waals surface area contributed by atoms with Gasteiger partial charge in [-0.05, 0) is 12.1 Å². The van der Waals surface area contributed by atoms with E-state index in [4.69, 9.17) is 0 Å². The van der Waals surface area contributed by atoms with Crippen molar-refractivity contribution in [3.63, 3.8) is 0 Å². The van der Waals surface area contributed by atoms with E-state index in [2.05, 4.69) is 10.2 Å². The Morgan fingerprint density at radius 3 is 2.75 bits per heavy atom. The zero-order chi connectivity index (χ0) is 8.65. The van der Waals surface area contributed by atoms with E-state index in [0.717, 1.165) is 5.75 Å². The summed E-state index contributed by atoms with van der Waals surface area (Å²) < 4.78 is 0. The third-order valence-corrected chi connectivity index (χ3v) is 2.22. The SMILES string of the molecule is O=NOCCSc1ccccc1. The zero-order valence-corrected chi connectivity index (χ0v) is 7.29. The van der Waals surface area contributed by atoms with Crippen molar-refractivity contribution >= 4 is 11.8 Å². The number of hydrogen-bond acceptors (Lipinski definition) is 4. The monoisotopic (exact) mass is 183 g/mol. The van der Waals surface area contributed by atoms with Crippen molar-refractivity contribution in [2.24, 2.45) is 5.34 Å². The molecular formula is C8H9NO2S. The van der Waals surface area contributed by atoms with Crippen LogP contribution in [-0.4, -0.2) is 12.4 Å². The highest BCUT2D eigenvalue weighted by molar-refractivity contribution is 7.99. The van der Waals surface area contributed by atoms with Gasteiger partial charge in [0.05, 0.1) is 0 Å². The summed E-state index contributed by atoms with van der Waals surface area (Å²) in [5.74, 6) is 0.746. The molecule has 1 aromatic rings. The zero-order valence-electron chi connectivity index (χ0n) is 6.47. The van der Waals surface area contributed by atoms with Gasteiger partial charge >= 0.3 is 0 Å². The lowest BCUT2D eigenvalue weighted by molar-refractivity contribution is 0.156. The normalized spacial score (nSPS) is 9.33. The number of thioether (sulfide) groups is 1. The smallest absolute Gasteiger partial charge is 0.155 e. The summed E-state index contributed by atoms with van der Waals surface area (Å²) in [4.78, 5) is 15.0. The van der Waals surface area contributed by atoms with Gasteiger partial charge in [0.15, 0.2) is 5.34 Å². The molecule has 0 aliphatic rings. The maximum atomic E-state index is 9.53. The summed E-state index contributed by atoms with van der Waals surface area (Å²) in [6.07, 6.45) is 0. The second kappa shape index (κ2) is 5.60. The molecule has 0 N–H and O–H groups in total. The quantitative estimate of drug-likeness (QED) is 0.304. The highest BCUT2D eigenvalue weighted by atomic mass is 32.2. The molecule has 4 heteroatoms. The molecule has 12 heavy (non-hydrogen) atoms. The first-order valence-electron chi connectivity index (χ1n) is 3.56. The number of hydrogen-bond donors (Lipinski definition) is 0. The lowest BCUT2D eigenvalue weighted by atomic mass is 10.4. The van der Waals surface area contributed by atoms with Gasteiger partial charge < -0.3 is 4.84 Å². The molecule has 0 saturated carbocycles. The second-order valence-corrected chi connectivity index (χ2v) is 3.24. The van der Waals surface area contributed by atoms with Gasteiger partial charge in [0.1, 0.15) is 6.61 Å². The Morgan fingerprint density at radius 2 is 2.08 bits per heavy atom. The van der Waals surface area contributed by atoms with Crippen LogP contribution in [0.5, 0.6) is 0 Å². The number of benzene rings is 1. The van der Waals surface area contributed by atoms with E-state index in [1.807, 2.05) is 30.3 Å². The van der Waals surface area contributed by atoms with E-state index in [0.29, 0.717) is 6.61 Å². The molecule has 0 heterocycles. The van der Waals surface area contributed by atoms with Crippen LogP contribution in [0, 0.1) is 4.91 Å². The molecule has 64 valence electrons. The maximum Gasteiger partial charge on any atom is 0.155 e. The van der Waals surface area contributed by atoms with Gasteiger partial charge in [-0.15, -0.1) is 16.7 Å². The van der Waals surface area contributed by atoms with Crippen LogP contribution in [0.25, 0.3) is 0 Å². The average Bonchev–Trinajstić information content (AvgIpc) is 2.14. The van der Waals surface area contributed by atoms with Crippen LogP contribution in [0.1, 0.15) is 0 Å². The van der Waals surface area contributed by atoms with Gasteiger partial charge in [-0.25, -0.2) is 0 Å². The first-order valence-corrected chi connectivity index (χ1v) is 4.54. The van der Waals surface area contributed by atoms with Crippen molar-refractivity contribution in [2.45, 2.75) is 4.90 Å². The number of nitrogens with zero attached hydrogens (tertiary/aromatic N) is 1. The Labute approximate surface area is 75.0 Å². The molecule has 1 rings (SSSR count). The summed E-state index contributed by atoms with van der Waals surface area (Å²) >= 11 is 1.64. The molecule has 0 bridgehead atoms. The third kappa shape index (κ3) is 3.39. The summed E-state index contributed by atoms with van der Waals surface area (Å²) in [6, 6.07) is 9.94. The lowest BCUT2D eigenvalue weighted by Gasteiger charge is -1.97. The molecule has 0 amide bonds. The van der Waals surface area contributed by atoms with Crippen molar-refractivity contribution in [1.82, 2.24) is 0 Å². The molecule has 0 aromatic heterocycles. The minimum atomic E-state index is 0.364. The van der Waals surface area contributed by atoms with E-state index in [1.54, 1.807) is 11.8 Å². The van der Waals surface area contributed by atoms with Crippen LogP contribution >= 0.6 is 11.8 Å². The van der Waals surface area contributed by atoms with Crippen molar-refractivity contribution < 1.29 is 4.84 Å². The molecule has 0 radical (unpaired) electrons. The van der Waals surface area contributed by atoms with Gasteiger partial charge in [-0.2, -0.15) is 0 Å². The molecule has 0 atom stereocenters. The van der Waals surface area contributed by atoms with Crippen LogP contribution in [0.2, 0.25) is 0 Å². The van der Waals surface area contributed by atoms with Gasteiger partial charge in [0, 0.05) is 10.6 Å². The predicted octanol–water partition coefficient (Wildman–Crippen LogP) is 2.48. The first kappa shape index (κ1) is 9.06. The average molecular weight is 183 g/mol. The standard InChI is InChI=1S/C8H9NO2S/c10-9-11-6-7-12-8-4-2-1-3-5-8/h1-5H,6-7H2. The van der Waals surface area contributed by atoms with Crippen LogP contribution in [-0.2, 0) is 4.84 Å². The van der Waals surface area contributed by atoms with Crippen LogP contribution in [0.15, 0.2) is 40.6 Å². The van der Waals surface area contributed by atoms with Gasteiger partial charge in [-0.3, -0.25) is 0 Å². The van der Waals surface area contributed by atoms with Crippen molar-refractivity contribution in [1.29, 1.82) is 0 Å². The van der Waals surface area contributed by atoms with Crippen molar-refractivity contribution in [3.8, 4) is 0 Å². The fraction of sp³-hybridized carbons (Fsp3) is 0.250. The van der Waals surface area contributed by atoms with Gasteiger partial charge in [0.2, 0.25) is 0 Å². The Hall–Kier alpha value is -1.03. The largest absolute Gasteiger partial charge is 0.363 e. The summed E-state index contributed by atoms with van der Waals surface area (Å²) in [5.41, 5.74) is 0. The van der Waals surface area contributed by atoms with Crippen molar-refractivity contribution in [2.75, 3.05) is 12.4 Å². The molecular weight excluding hydrogens is 174 g/mol. The molecule has 0 saturated heterocycles. The fourth-order valence-corrected chi connectivity index (χ4v) is 1.49. The fourth-order valence-electron chi connectivity index (χ4n) is 0.751. The summed E-state index contributed by atoms with van der Waals surface area (Å²) in [6.45, 7) is 0.364. The second-order valence-electron chi connectivity index (χ2n) is 2.07. The maximum absolute atomic E-state index is 9.53. The van der Waals surface area contributed by atoms with Crippen LogP contribution in [0.3, 0.4) is 0 Å². The Bertz CT molecular complexity index is 228. The molecule has 3 nitrogen and oxygen atoms in total. The predicted molar refractivity (Wildman–Crippen MR) is 48.9 cm³/mol. The van der Waals surface area contributed by atoms with E-state index in [1.165, 1.54) is 4.90 Å². The topological polar surface area (TPSA) is 38.7 Å². The summed E-state index contributed by atoms with van der Waals surface area (Å²) in [5, 5.41) is 2.30. The molecule has 1 aromatic carbocycles. The van der Waals surface area contributed by atoms with E-state index < -0.39 is 0 Å². The van der Waals surface area contributed by atoms with Gasteiger partial charge in [0.25, 0.3) is 0 Å². The van der Waals surface area contributed by atoms with Crippen molar-refractivity contribution in [3.05, 3.63) is 35.2 Å². The first-order chi connectivity index (χ1) is 5.93. The molecule has 0 aliphatic heterocycles. The van der Waals surface area contributed by atoms with E-state index in [9.17, 15) is 4.91 Å². The van der Waals surface area contributed by atoms with E-state index >= 15 is 0 Å². The molecule has 0 aliphatic carbocycles.